The third kappa shape index (κ3) is 5.28. The van der Waals surface area contributed by atoms with Gasteiger partial charge in [0.25, 0.3) is 0 Å². The van der Waals surface area contributed by atoms with E-state index in [2.05, 4.69) is 57.6 Å². The predicted octanol–water partition coefficient (Wildman–Crippen LogP) is 4.50. The van der Waals surface area contributed by atoms with Crippen molar-refractivity contribution < 1.29 is 4.79 Å². The topological polar surface area (TPSA) is 35.6 Å². The largest absolute Gasteiger partial charge is 0.369 e. The van der Waals surface area contributed by atoms with Crippen molar-refractivity contribution in [2.24, 2.45) is 0 Å². The number of carbonyl (C=O) groups is 1. The summed E-state index contributed by atoms with van der Waals surface area (Å²) in [4.78, 5) is 17.3. The lowest BCUT2D eigenvalue weighted by molar-refractivity contribution is -0.115. The fourth-order valence-corrected chi connectivity index (χ4v) is 3.95. The molecule has 1 aliphatic rings. The number of nitrogens with one attached hydrogen (secondary N) is 1. The number of rotatable bonds is 6. The minimum atomic E-state index is 0.0200. The SMILES string of the molecule is Cc1ccccc1CC(=O)Nc1ccc(N2CCN(Cc3ccccc3)CC2)cc1. The van der Waals surface area contributed by atoms with Gasteiger partial charge in [-0.3, -0.25) is 9.69 Å². The average Bonchev–Trinajstić information content (AvgIpc) is 2.77. The highest BCUT2D eigenvalue weighted by Gasteiger charge is 2.17. The number of aryl methyl sites for hydroxylation is 1. The van der Waals surface area contributed by atoms with E-state index in [0.717, 1.165) is 49.5 Å². The van der Waals surface area contributed by atoms with Crippen LogP contribution in [0.2, 0.25) is 0 Å². The molecule has 30 heavy (non-hydrogen) atoms. The predicted molar refractivity (Wildman–Crippen MR) is 124 cm³/mol. The van der Waals surface area contributed by atoms with Crippen LogP contribution in [0.5, 0.6) is 0 Å². The molecule has 1 amide bonds. The van der Waals surface area contributed by atoms with Gasteiger partial charge in [-0.05, 0) is 47.9 Å². The Morgan fingerprint density at radius 3 is 2.20 bits per heavy atom. The Balaban J connectivity index is 1.28. The van der Waals surface area contributed by atoms with E-state index in [9.17, 15) is 4.79 Å². The summed E-state index contributed by atoms with van der Waals surface area (Å²) in [7, 11) is 0. The Morgan fingerprint density at radius 2 is 1.50 bits per heavy atom. The number of carbonyl (C=O) groups excluding carboxylic acids is 1. The second kappa shape index (κ2) is 9.59. The van der Waals surface area contributed by atoms with Crippen LogP contribution in [0.15, 0.2) is 78.9 Å². The molecular weight excluding hydrogens is 370 g/mol. The summed E-state index contributed by atoms with van der Waals surface area (Å²) >= 11 is 0. The molecule has 4 nitrogen and oxygen atoms in total. The maximum Gasteiger partial charge on any atom is 0.228 e. The fourth-order valence-electron chi connectivity index (χ4n) is 3.95. The summed E-state index contributed by atoms with van der Waals surface area (Å²) in [5.41, 5.74) is 5.65. The number of hydrogen-bond acceptors (Lipinski definition) is 3. The Labute approximate surface area is 179 Å². The van der Waals surface area contributed by atoms with Gasteiger partial charge in [0.2, 0.25) is 5.91 Å². The molecule has 0 atom stereocenters. The van der Waals surface area contributed by atoms with E-state index in [-0.39, 0.29) is 5.91 Å². The highest BCUT2D eigenvalue weighted by Crippen LogP contribution is 2.20. The summed E-state index contributed by atoms with van der Waals surface area (Å²) in [6.07, 6.45) is 0.401. The van der Waals surface area contributed by atoms with Gasteiger partial charge in [0.1, 0.15) is 0 Å². The van der Waals surface area contributed by atoms with Crippen LogP contribution in [0.4, 0.5) is 11.4 Å². The summed E-state index contributed by atoms with van der Waals surface area (Å²) in [6.45, 7) is 7.21. The molecule has 0 saturated carbocycles. The Morgan fingerprint density at radius 1 is 0.833 bits per heavy atom. The fraction of sp³-hybridized carbons (Fsp3) is 0.269. The second-order valence-corrected chi connectivity index (χ2v) is 7.95. The van der Waals surface area contributed by atoms with E-state index in [1.807, 2.05) is 43.3 Å². The van der Waals surface area contributed by atoms with E-state index in [1.165, 1.54) is 11.3 Å². The van der Waals surface area contributed by atoms with Gasteiger partial charge in [0, 0.05) is 44.1 Å². The number of hydrogen-bond donors (Lipinski definition) is 1. The number of benzene rings is 3. The maximum atomic E-state index is 12.4. The Bertz CT molecular complexity index is 961. The van der Waals surface area contributed by atoms with Crippen LogP contribution in [0.1, 0.15) is 16.7 Å². The molecule has 4 heteroatoms. The molecule has 1 N–H and O–H groups in total. The molecule has 4 rings (SSSR count). The van der Waals surface area contributed by atoms with E-state index in [1.54, 1.807) is 0 Å². The third-order valence-corrected chi connectivity index (χ3v) is 5.75. The van der Waals surface area contributed by atoms with E-state index in [4.69, 9.17) is 0 Å². The van der Waals surface area contributed by atoms with Crippen molar-refractivity contribution >= 4 is 17.3 Å². The van der Waals surface area contributed by atoms with Gasteiger partial charge in [-0.15, -0.1) is 0 Å². The van der Waals surface area contributed by atoms with Crippen LogP contribution in [-0.4, -0.2) is 37.0 Å². The molecule has 1 heterocycles. The van der Waals surface area contributed by atoms with Crippen molar-refractivity contribution in [3.8, 4) is 0 Å². The van der Waals surface area contributed by atoms with E-state index < -0.39 is 0 Å². The van der Waals surface area contributed by atoms with Crippen molar-refractivity contribution in [1.82, 2.24) is 4.90 Å². The lowest BCUT2D eigenvalue weighted by Crippen LogP contribution is -2.45. The molecule has 0 unspecified atom stereocenters. The maximum absolute atomic E-state index is 12.4. The smallest absolute Gasteiger partial charge is 0.228 e. The molecule has 3 aromatic carbocycles. The molecule has 1 saturated heterocycles. The van der Waals surface area contributed by atoms with Gasteiger partial charge in [0.15, 0.2) is 0 Å². The lowest BCUT2D eigenvalue weighted by Gasteiger charge is -2.36. The van der Waals surface area contributed by atoms with Gasteiger partial charge in [-0.1, -0.05) is 54.6 Å². The molecule has 154 valence electrons. The first-order chi connectivity index (χ1) is 14.7. The first kappa shape index (κ1) is 20.2. The quantitative estimate of drug-likeness (QED) is 0.663. The normalized spacial score (nSPS) is 14.5. The molecule has 0 aromatic heterocycles. The van der Waals surface area contributed by atoms with E-state index in [0.29, 0.717) is 6.42 Å². The first-order valence-electron chi connectivity index (χ1n) is 10.6. The highest BCUT2D eigenvalue weighted by atomic mass is 16.1. The van der Waals surface area contributed by atoms with Gasteiger partial charge >= 0.3 is 0 Å². The van der Waals surface area contributed by atoms with Crippen molar-refractivity contribution in [3.05, 3.63) is 95.6 Å². The molecular formula is C26H29N3O. The average molecular weight is 400 g/mol. The Kier molecular flexibility index (Phi) is 6.45. The molecule has 1 fully saturated rings. The van der Waals surface area contributed by atoms with Gasteiger partial charge in [-0.2, -0.15) is 0 Å². The number of nitrogens with zero attached hydrogens (tertiary/aromatic N) is 2. The molecule has 1 aliphatic heterocycles. The van der Waals surface area contributed by atoms with Crippen LogP contribution in [0, 0.1) is 6.92 Å². The Hall–Kier alpha value is -3.11. The van der Waals surface area contributed by atoms with Crippen LogP contribution < -0.4 is 10.2 Å². The minimum Gasteiger partial charge on any atom is -0.369 e. The zero-order valence-corrected chi connectivity index (χ0v) is 17.6. The highest BCUT2D eigenvalue weighted by molar-refractivity contribution is 5.92. The third-order valence-electron chi connectivity index (χ3n) is 5.75. The summed E-state index contributed by atoms with van der Waals surface area (Å²) < 4.78 is 0. The zero-order chi connectivity index (χ0) is 20.8. The lowest BCUT2D eigenvalue weighted by atomic mass is 10.1. The number of anilines is 2. The molecule has 0 aliphatic carbocycles. The monoisotopic (exact) mass is 399 g/mol. The zero-order valence-electron chi connectivity index (χ0n) is 17.6. The number of piperazine rings is 1. The van der Waals surface area contributed by atoms with Crippen LogP contribution in [0.3, 0.4) is 0 Å². The van der Waals surface area contributed by atoms with Crippen LogP contribution >= 0.6 is 0 Å². The van der Waals surface area contributed by atoms with Gasteiger partial charge in [-0.25, -0.2) is 0 Å². The van der Waals surface area contributed by atoms with Gasteiger partial charge in [0.05, 0.1) is 6.42 Å². The van der Waals surface area contributed by atoms with Crippen molar-refractivity contribution in [2.45, 2.75) is 19.9 Å². The minimum absolute atomic E-state index is 0.0200. The molecule has 3 aromatic rings. The summed E-state index contributed by atoms with van der Waals surface area (Å²) in [5, 5.41) is 3.02. The standard InChI is InChI=1S/C26H29N3O/c1-21-7-5-6-10-23(21)19-26(30)27-24-11-13-25(14-12-24)29-17-15-28(16-18-29)20-22-8-3-2-4-9-22/h2-14H,15-20H2,1H3,(H,27,30). The first-order valence-corrected chi connectivity index (χ1v) is 10.6. The molecule has 0 spiro atoms. The second-order valence-electron chi connectivity index (χ2n) is 7.95. The van der Waals surface area contributed by atoms with Gasteiger partial charge < -0.3 is 10.2 Å². The molecule has 0 bridgehead atoms. The summed E-state index contributed by atoms with van der Waals surface area (Å²) in [6, 6.07) is 26.9. The summed E-state index contributed by atoms with van der Waals surface area (Å²) in [5.74, 6) is 0.0200. The van der Waals surface area contributed by atoms with Crippen molar-refractivity contribution in [3.63, 3.8) is 0 Å². The number of amides is 1. The van der Waals surface area contributed by atoms with Crippen LogP contribution in [-0.2, 0) is 17.8 Å². The van der Waals surface area contributed by atoms with E-state index >= 15 is 0 Å². The van der Waals surface area contributed by atoms with Crippen LogP contribution in [0.25, 0.3) is 0 Å². The van der Waals surface area contributed by atoms with Crippen molar-refractivity contribution in [2.75, 3.05) is 36.4 Å². The molecule has 0 radical (unpaired) electrons. The van der Waals surface area contributed by atoms with Crippen molar-refractivity contribution in [1.29, 1.82) is 0 Å².